The van der Waals surface area contributed by atoms with Crippen LogP contribution in [-0.4, -0.2) is 47.9 Å². The Bertz CT molecular complexity index is 326. The van der Waals surface area contributed by atoms with Gasteiger partial charge in [0.2, 0.25) is 0 Å². The molecule has 1 aromatic heterocycles. The number of hydrogen-bond donors (Lipinski definition) is 1. The SMILES string of the molecule is OCCCN(Cc1ccncc1)CC1CCOC1. The Balaban J connectivity index is 1.87. The van der Waals surface area contributed by atoms with Crippen LogP contribution < -0.4 is 0 Å². The van der Waals surface area contributed by atoms with E-state index in [1.54, 1.807) is 0 Å². The van der Waals surface area contributed by atoms with E-state index in [2.05, 4.69) is 22.0 Å². The largest absolute Gasteiger partial charge is 0.396 e. The Hall–Kier alpha value is -0.970. The summed E-state index contributed by atoms with van der Waals surface area (Å²) in [7, 11) is 0. The standard InChI is InChI=1S/C14H22N2O2/c17-8-1-7-16(11-14-4-9-18-12-14)10-13-2-5-15-6-3-13/h2-3,5-6,14,17H,1,4,7-12H2. The molecule has 4 nitrogen and oxygen atoms in total. The van der Waals surface area contributed by atoms with Crippen LogP contribution in [0.4, 0.5) is 0 Å². The van der Waals surface area contributed by atoms with Gasteiger partial charge in [0, 0.05) is 45.2 Å². The van der Waals surface area contributed by atoms with Crippen molar-refractivity contribution in [3.63, 3.8) is 0 Å². The lowest BCUT2D eigenvalue weighted by Crippen LogP contribution is -2.31. The molecule has 1 saturated heterocycles. The van der Waals surface area contributed by atoms with Crippen molar-refractivity contribution in [2.45, 2.75) is 19.4 Å². The van der Waals surface area contributed by atoms with E-state index >= 15 is 0 Å². The highest BCUT2D eigenvalue weighted by Gasteiger charge is 2.19. The van der Waals surface area contributed by atoms with Gasteiger partial charge in [-0.15, -0.1) is 0 Å². The first kappa shape index (κ1) is 13.5. The van der Waals surface area contributed by atoms with Crippen molar-refractivity contribution >= 4 is 0 Å². The van der Waals surface area contributed by atoms with Crippen molar-refractivity contribution in [1.29, 1.82) is 0 Å². The Morgan fingerprint density at radius 3 is 2.89 bits per heavy atom. The molecular weight excluding hydrogens is 228 g/mol. The normalized spacial score (nSPS) is 19.6. The molecule has 4 heteroatoms. The second kappa shape index (κ2) is 7.46. The monoisotopic (exact) mass is 250 g/mol. The van der Waals surface area contributed by atoms with Crippen LogP contribution in [0.2, 0.25) is 0 Å². The van der Waals surface area contributed by atoms with Crippen molar-refractivity contribution in [3.8, 4) is 0 Å². The van der Waals surface area contributed by atoms with Gasteiger partial charge in [-0.25, -0.2) is 0 Å². The van der Waals surface area contributed by atoms with E-state index < -0.39 is 0 Å². The summed E-state index contributed by atoms with van der Waals surface area (Å²) in [4.78, 5) is 6.45. The highest BCUT2D eigenvalue weighted by molar-refractivity contribution is 5.09. The first-order valence-corrected chi connectivity index (χ1v) is 6.68. The fraction of sp³-hybridized carbons (Fsp3) is 0.643. The topological polar surface area (TPSA) is 45.6 Å². The van der Waals surface area contributed by atoms with Gasteiger partial charge in [-0.1, -0.05) is 0 Å². The van der Waals surface area contributed by atoms with E-state index in [4.69, 9.17) is 9.84 Å². The fourth-order valence-corrected chi connectivity index (χ4v) is 2.37. The maximum Gasteiger partial charge on any atom is 0.0507 e. The molecule has 1 aliphatic heterocycles. The molecule has 0 spiro atoms. The number of rotatable bonds is 7. The number of aromatic nitrogens is 1. The molecule has 0 amide bonds. The maximum atomic E-state index is 8.98. The number of aliphatic hydroxyl groups excluding tert-OH is 1. The quantitative estimate of drug-likeness (QED) is 0.792. The molecule has 0 aliphatic carbocycles. The summed E-state index contributed by atoms with van der Waals surface area (Å²) in [5, 5.41) is 8.98. The fourth-order valence-electron chi connectivity index (χ4n) is 2.37. The zero-order valence-electron chi connectivity index (χ0n) is 10.8. The molecule has 2 heterocycles. The van der Waals surface area contributed by atoms with Crippen LogP contribution in [0.5, 0.6) is 0 Å². The minimum atomic E-state index is 0.258. The van der Waals surface area contributed by atoms with Gasteiger partial charge in [0.05, 0.1) is 6.61 Å². The first-order chi connectivity index (χ1) is 8.88. The average Bonchev–Trinajstić information content (AvgIpc) is 2.90. The number of pyridine rings is 1. The molecule has 1 unspecified atom stereocenters. The van der Waals surface area contributed by atoms with E-state index in [1.165, 1.54) is 5.56 Å². The van der Waals surface area contributed by atoms with Crippen molar-refractivity contribution in [2.24, 2.45) is 5.92 Å². The van der Waals surface area contributed by atoms with Crippen LogP contribution >= 0.6 is 0 Å². The van der Waals surface area contributed by atoms with Crippen LogP contribution in [0.1, 0.15) is 18.4 Å². The number of ether oxygens (including phenoxy) is 1. The van der Waals surface area contributed by atoms with E-state index in [0.717, 1.165) is 45.7 Å². The summed E-state index contributed by atoms with van der Waals surface area (Å²) in [6, 6.07) is 4.11. The minimum absolute atomic E-state index is 0.258. The molecule has 0 aromatic carbocycles. The van der Waals surface area contributed by atoms with Crippen LogP contribution in [0.3, 0.4) is 0 Å². The van der Waals surface area contributed by atoms with Crippen LogP contribution in [-0.2, 0) is 11.3 Å². The third kappa shape index (κ3) is 4.37. The molecule has 18 heavy (non-hydrogen) atoms. The lowest BCUT2D eigenvalue weighted by molar-refractivity contribution is 0.158. The molecule has 100 valence electrons. The molecule has 1 aliphatic rings. The van der Waals surface area contributed by atoms with Gasteiger partial charge in [-0.2, -0.15) is 0 Å². The van der Waals surface area contributed by atoms with Gasteiger partial charge in [0.15, 0.2) is 0 Å². The van der Waals surface area contributed by atoms with Crippen LogP contribution in [0.25, 0.3) is 0 Å². The molecule has 1 fully saturated rings. The van der Waals surface area contributed by atoms with Crippen molar-refractivity contribution in [3.05, 3.63) is 30.1 Å². The van der Waals surface area contributed by atoms with E-state index in [9.17, 15) is 0 Å². The first-order valence-electron chi connectivity index (χ1n) is 6.68. The molecule has 0 bridgehead atoms. The Labute approximate surface area is 109 Å². The zero-order chi connectivity index (χ0) is 12.6. The van der Waals surface area contributed by atoms with Crippen molar-refractivity contribution in [1.82, 2.24) is 9.88 Å². The summed E-state index contributed by atoms with van der Waals surface area (Å²) >= 11 is 0. The molecule has 2 rings (SSSR count). The third-order valence-corrected chi connectivity index (χ3v) is 3.33. The van der Waals surface area contributed by atoms with Gasteiger partial charge >= 0.3 is 0 Å². The highest BCUT2D eigenvalue weighted by Crippen LogP contribution is 2.15. The van der Waals surface area contributed by atoms with Crippen LogP contribution in [0, 0.1) is 5.92 Å². The molecule has 0 saturated carbocycles. The Morgan fingerprint density at radius 2 is 2.22 bits per heavy atom. The lowest BCUT2D eigenvalue weighted by Gasteiger charge is -2.24. The third-order valence-electron chi connectivity index (χ3n) is 3.33. The van der Waals surface area contributed by atoms with Crippen LogP contribution in [0.15, 0.2) is 24.5 Å². The van der Waals surface area contributed by atoms with Crippen molar-refractivity contribution in [2.75, 3.05) is 32.9 Å². The maximum absolute atomic E-state index is 8.98. The number of hydrogen-bond acceptors (Lipinski definition) is 4. The molecule has 1 N–H and O–H groups in total. The average molecular weight is 250 g/mol. The Morgan fingerprint density at radius 1 is 1.39 bits per heavy atom. The summed E-state index contributed by atoms with van der Waals surface area (Å²) in [5.74, 6) is 0.644. The van der Waals surface area contributed by atoms with Gasteiger partial charge in [0.25, 0.3) is 0 Å². The molecule has 1 atom stereocenters. The van der Waals surface area contributed by atoms with Gasteiger partial charge in [-0.05, 0) is 36.5 Å². The van der Waals surface area contributed by atoms with E-state index in [1.807, 2.05) is 12.4 Å². The summed E-state index contributed by atoms with van der Waals surface area (Å²) in [6.07, 6.45) is 5.65. The lowest BCUT2D eigenvalue weighted by atomic mass is 10.1. The van der Waals surface area contributed by atoms with E-state index in [-0.39, 0.29) is 6.61 Å². The Kier molecular flexibility index (Phi) is 5.58. The minimum Gasteiger partial charge on any atom is -0.396 e. The molecule has 0 radical (unpaired) electrons. The summed E-state index contributed by atoms with van der Waals surface area (Å²) in [5.41, 5.74) is 1.28. The number of nitrogens with zero attached hydrogens (tertiary/aromatic N) is 2. The van der Waals surface area contributed by atoms with Gasteiger partial charge in [0.1, 0.15) is 0 Å². The summed E-state index contributed by atoms with van der Waals surface area (Å²) < 4.78 is 5.43. The predicted octanol–water partition coefficient (Wildman–Crippen LogP) is 1.30. The smallest absolute Gasteiger partial charge is 0.0507 e. The second-order valence-corrected chi connectivity index (χ2v) is 4.90. The summed E-state index contributed by atoms with van der Waals surface area (Å²) in [6.45, 7) is 4.96. The second-order valence-electron chi connectivity index (χ2n) is 4.90. The van der Waals surface area contributed by atoms with Gasteiger partial charge < -0.3 is 9.84 Å². The predicted molar refractivity (Wildman–Crippen MR) is 70.1 cm³/mol. The van der Waals surface area contributed by atoms with Crippen molar-refractivity contribution < 1.29 is 9.84 Å². The van der Waals surface area contributed by atoms with E-state index in [0.29, 0.717) is 5.92 Å². The molecular formula is C14H22N2O2. The number of aliphatic hydroxyl groups is 1. The van der Waals surface area contributed by atoms with Gasteiger partial charge in [-0.3, -0.25) is 9.88 Å². The zero-order valence-corrected chi connectivity index (χ0v) is 10.8. The highest BCUT2D eigenvalue weighted by atomic mass is 16.5. The molecule has 1 aromatic rings.